The van der Waals surface area contributed by atoms with Crippen molar-refractivity contribution >= 4 is 23.2 Å². The number of nitrogens with zero attached hydrogens (tertiary/aromatic N) is 2. The molecule has 2 fully saturated rings. The van der Waals surface area contributed by atoms with Crippen LogP contribution in [-0.4, -0.2) is 62.1 Å². The molecule has 0 spiro atoms. The van der Waals surface area contributed by atoms with Crippen molar-refractivity contribution in [3.8, 4) is 0 Å². The Morgan fingerprint density at radius 3 is 2.70 bits per heavy atom. The maximum atomic E-state index is 13.7. The number of carbonyl (C=O) groups excluding carboxylic acids is 2. The van der Waals surface area contributed by atoms with Crippen LogP contribution in [0.2, 0.25) is 0 Å². The molecule has 0 unspecified atom stereocenters. The third-order valence-corrected chi connectivity index (χ3v) is 5.41. The summed E-state index contributed by atoms with van der Waals surface area (Å²) in [5, 5.41) is 2.57. The fourth-order valence-electron chi connectivity index (χ4n) is 3.61. The molecule has 1 heterocycles. The Kier molecular flexibility index (Phi) is 6.99. The molecule has 166 valence electrons. The summed E-state index contributed by atoms with van der Waals surface area (Å²) < 4.78 is 46.1. The molecule has 1 aliphatic carbocycles. The summed E-state index contributed by atoms with van der Waals surface area (Å²) in [6, 6.07) is 2.82. The largest absolute Gasteiger partial charge is 0.418 e. The average molecular weight is 428 g/mol. The zero-order valence-corrected chi connectivity index (χ0v) is 16.9. The number of benzene rings is 1. The highest BCUT2D eigenvalue weighted by molar-refractivity contribution is 5.98. The van der Waals surface area contributed by atoms with Crippen molar-refractivity contribution in [3.05, 3.63) is 23.8 Å². The van der Waals surface area contributed by atoms with Gasteiger partial charge in [0.15, 0.2) is 0 Å². The third kappa shape index (κ3) is 5.30. The highest BCUT2D eigenvalue weighted by Crippen LogP contribution is 2.39. The zero-order chi connectivity index (χ0) is 21.9. The van der Waals surface area contributed by atoms with E-state index in [2.05, 4.69) is 5.32 Å². The summed E-state index contributed by atoms with van der Waals surface area (Å²) in [6.45, 7) is 3.30. The Labute approximate surface area is 173 Å². The molecule has 1 aromatic rings. The van der Waals surface area contributed by atoms with Gasteiger partial charge in [-0.05, 0) is 43.5 Å². The van der Waals surface area contributed by atoms with Gasteiger partial charge in [-0.25, -0.2) is 0 Å². The molecule has 1 aromatic carbocycles. The Balaban J connectivity index is 1.81. The fraction of sp³-hybridized carbons (Fsp3) is 0.600. The van der Waals surface area contributed by atoms with Crippen LogP contribution >= 0.6 is 0 Å². The van der Waals surface area contributed by atoms with Crippen molar-refractivity contribution in [1.29, 1.82) is 0 Å². The Hall–Kier alpha value is -2.17. The summed E-state index contributed by atoms with van der Waals surface area (Å²) in [7, 11) is 0. The summed E-state index contributed by atoms with van der Waals surface area (Å²) in [5.74, 6) is -0.428. The number of nitrogens with two attached hydrogens (primary N) is 1. The third-order valence-electron chi connectivity index (χ3n) is 5.41. The molecule has 3 rings (SSSR count). The van der Waals surface area contributed by atoms with Gasteiger partial charge in [-0.2, -0.15) is 13.2 Å². The molecule has 1 saturated heterocycles. The molecule has 0 bridgehead atoms. The van der Waals surface area contributed by atoms with E-state index < -0.39 is 29.6 Å². The van der Waals surface area contributed by atoms with Gasteiger partial charge in [0.05, 0.1) is 17.9 Å². The van der Waals surface area contributed by atoms with E-state index in [0.717, 1.165) is 30.4 Å². The van der Waals surface area contributed by atoms with Gasteiger partial charge in [0.2, 0.25) is 5.91 Å². The number of nitrogens with one attached hydrogen (secondary N) is 1. The average Bonchev–Trinajstić information content (AvgIpc) is 3.52. The topological polar surface area (TPSA) is 87.9 Å². The van der Waals surface area contributed by atoms with Gasteiger partial charge in [0, 0.05) is 25.3 Å². The van der Waals surface area contributed by atoms with Crippen LogP contribution in [0.3, 0.4) is 0 Å². The van der Waals surface area contributed by atoms with E-state index in [1.54, 1.807) is 0 Å². The second kappa shape index (κ2) is 9.32. The molecule has 1 aliphatic heterocycles. The van der Waals surface area contributed by atoms with E-state index in [9.17, 15) is 22.8 Å². The minimum absolute atomic E-state index is 0.0118. The maximum absolute atomic E-state index is 13.7. The van der Waals surface area contributed by atoms with Crippen LogP contribution in [0, 0.1) is 5.92 Å². The zero-order valence-electron chi connectivity index (χ0n) is 16.9. The number of hydrogen-bond acceptors (Lipinski definition) is 5. The van der Waals surface area contributed by atoms with Crippen LogP contribution < -0.4 is 16.0 Å². The number of morpholine rings is 1. The molecule has 2 amide bonds. The van der Waals surface area contributed by atoms with Gasteiger partial charge in [0.1, 0.15) is 12.6 Å². The number of rotatable bonds is 8. The van der Waals surface area contributed by atoms with Crippen LogP contribution in [0.4, 0.5) is 24.5 Å². The van der Waals surface area contributed by atoms with Crippen molar-refractivity contribution in [2.75, 3.05) is 49.6 Å². The molecule has 2 aliphatic rings. The number of amides is 2. The van der Waals surface area contributed by atoms with Crippen LogP contribution in [0.1, 0.15) is 25.3 Å². The van der Waals surface area contributed by atoms with Gasteiger partial charge in [0.25, 0.3) is 5.91 Å². The standard InChI is InChI=1S/C20H27F3N4O3/c1-2-26(11-13-3-4-13)17(10-24)19(29)25-14-5-6-16(15(9-14)20(21,22)23)27-7-8-30-12-18(27)28/h5-6,9,13,17H,2-4,7-8,10-12,24H2,1H3,(H,25,29)/t17-/m1/s1. The maximum Gasteiger partial charge on any atom is 0.418 e. The van der Waals surface area contributed by atoms with Gasteiger partial charge >= 0.3 is 6.18 Å². The van der Waals surface area contributed by atoms with E-state index in [1.807, 2.05) is 11.8 Å². The molecule has 1 saturated carbocycles. The quantitative estimate of drug-likeness (QED) is 0.662. The normalized spacial score (nSPS) is 18.6. The molecular formula is C20H27F3N4O3. The highest BCUT2D eigenvalue weighted by Gasteiger charge is 2.37. The number of alkyl halides is 3. The minimum atomic E-state index is -4.69. The van der Waals surface area contributed by atoms with E-state index in [4.69, 9.17) is 10.5 Å². The van der Waals surface area contributed by atoms with E-state index >= 15 is 0 Å². The lowest BCUT2D eigenvalue weighted by atomic mass is 10.1. The number of hydrogen-bond donors (Lipinski definition) is 2. The lowest BCUT2D eigenvalue weighted by molar-refractivity contribution is -0.137. The van der Waals surface area contributed by atoms with Crippen molar-refractivity contribution < 1.29 is 27.5 Å². The highest BCUT2D eigenvalue weighted by atomic mass is 19.4. The smallest absolute Gasteiger partial charge is 0.370 e. The number of anilines is 2. The van der Waals surface area contributed by atoms with Gasteiger partial charge in [-0.1, -0.05) is 6.92 Å². The van der Waals surface area contributed by atoms with E-state index in [0.29, 0.717) is 12.5 Å². The lowest BCUT2D eigenvalue weighted by Gasteiger charge is -2.30. The molecular weight excluding hydrogens is 401 g/mol. The second-order valence-corrected chi connectivity index (χ2v) is 7.60. The van der Waals surface area contributed by atoms with Gasteiger partial charge in [-0.15, -0.1) is 0 Å². The molecule has 3 N–H and O–H groups in total. The first-order valence-electron chi connectivity index (χ1n) is 10.1. The minimum Gasteiger partial charge on any atom is -0.370 e. The predicted octanol–water partition coefficient (Wildman–Crippen LogP) is 2.07. The fourth-order valence-corrected chi connectivity index (χ4v) is 3.61. The van der Waals surface area contributed by atoms with Crippen LogP contribution in [0.15, 0.2) is 18.2 Å². The van der Waals surface area contributed by atoms with Crippen LogP contribution in [-0.2, 0) is 20.5 Å². The Bertz CT molecular complexity index is 783. The van der Waals surface area contributed by atoms with Gasteiger partial charge in [-0.3, -0.25) is 14.5 Å². The SMILES string of the molecule is CCN(CC1CC1)[C@H](CN)C(=O)Nc1ccc(N2CCOCC2=O)c(C(F)(F)F)c1. The summed E-state index contributed by atoms with van der Waals surface area (Å²) in [5.41, 5.74) is 4.59. The second-order valence-electron chi connectivity index (χ2n) is 7.60. The van der Waals surface area contributed by atoms with Crippen molar-refractivity contribution in [3.63, 3.8) is 0 Å². The molecule has 0 aromatic heterocycles. The first-order chi connectivity index (χ1) is 14.2. The van der Waals surface area contributed by atoms with Crippen LogP contribution in [0.5, 0.6) is 0 Å². The van der Waals surface area contributed by atoms with Crippen molar-refractivity contribution in [1.82, 2.24) is 4.90 Å². The predicted molar refractivity (Wildman–Crippen MR) is 106 cm³/mol. The Morgan fingerprint density at radius 2 is 2.13 bits per heavy atom. The van der Waals surface area contributed by atoms with Crippen LogP contribution in [0.25, 0.3) is 0 Å². The van der Waals surface area contributed by atoms with E-state index in [1.165, 1.54) is 12.1 Å². The number of ether oxygens (including phenoxy) is 1. The van der Waals surface area contributed by atoms with Gasteiger partial charge < -0.3 is 20.7 Å². The monoisotopic (exact) mass is 428 g/mol. The Morgan fingerprint density at radius 1 is 1.40 bits per heavy atom. The number of likely N-dealkylation sites (N-methyl/N-ethyl adjacent to an activating group) is 1. The first-order valence-corrected chi connectivity index (χ1v) is 10.1. The molecule has 0 radical (unpaired) electrons. The lowest BCUT2D eigenvalue weighted by Crippen LogP contribution is -2.49. The molecule has 7 nitrogen and oxygen atoms in total. The summed E-state index contributed by atoms with van der Waals surface area (Å²) in [4.78, 5) is 27.8. The van der Waals surface area contributed by atoms with Crippen molar-refractivity contribution in [2.45, 2.75) is 32.0 Å². The molecule has 10 heteroatoms. The number of carbonyl (C=O) groups is 2. The first kappa shape index (κ1) is 22.5. The van der Waals surface area contributed by atoms with Crippen molar-refractivity contribution in [2.24, 2.45) is 11.7 Å². The number of halogens is 3. The summed E-state index contributed by atoms with van der Waals surface area (Å²) in [6.07, 6.45) is -2.46. The summed E-state index contributed by atoms with van der Waals surface area (Å²) >= 11 is 0. The molecule has 1 atom stereocenters. The molecule has 30 heavy (non-hydrogen) atoms. The van der Waals surface area contributed by atoms with E-state index in [-0.39, 0.29) is 37.7 Å².